The van der Waals surface area contributed by atoms with Crippen molar-refractivity contribution in [2.45, 2.75) is 6.54 Å². The molecule has 6 heteroatoms. The van der Waals surface area contributed by atoms with Crippen LogP contribution in [0.5, 0.6) is 11.5 Å². The first-order valence-corrected chi connectivity index (χ1v) is 9.41. The minimum Gasteiger partial charge on any atom is -0.454 e. The van der Waals surface area contributed by atoms with Gasteiger partial charge in [0.25, 0.3) is 11.8 Å². The Morgan fingerprint density at radius 1 is 0.867 bits per heavy atom. The zero-order valence-corrected chi connectivity index (χ0v) is 15.8. The molecule has 2 heterocycles. The molecule has 0 aliphatic carbocycles. The molecule has 3 aromatic rings. The van der Waals surface area contributed by atoms with Crippen LogP contribution in [0.2, 0.25) is 0 Å². The van der Waals surface area contributed by atoms with E-state index in [1.165, 1.54) is 17.0 Å². The second kappa shape index (κ2) is 7.15. The second-order valence-electron chi connectivity index (χ2n) is 7.04. The number of amides is 2. The van der Waals surface area contributed by atoms with Crippen molar-refractivity contribution in [3.63, 3.8) is 0 Å². The average molecular weight is 401 g/mol. The lowest BCUT2D eigenvalue weighted by molar-refractivity contribution is -0.123. The zero-order chi connectivity index (χ0) is 20.7. The Bertz CT molecular complexity index is 1200. The number of halogens is 1. The summed E-state index contributed by atoms with van der Waals surface area (Å²) in [5, 5.41) is 0. The maximum absolute atomic E-state index is 13.3. The second-order valence-corrected chi connectivity index (χ2v) is 7.04. The lowest BCUT2D eigenvalue weighted by Crippen LogP contribution is -2.41. The molecule has 0 fully saturated rings. The topological polar surface area (TPSA) is 55.8 Å². The first-order valence-electron chi connectivity index (χ1n) is 9.41. The van der Waals surface area contributed by atoms with Crippen molar-refractivity contribution in [2.75, 3.05) is 6.79 Å². The van der Waals surface area contributed by atoms with Gasteiger partial charge in [-0.2, -0.15) is 0 Å². The number of carbonyl (C=O) groups is 2. The fourth-order valence-corrected chi connectivity index (χ4v) is 3.63. The number of nitrogens with zero attached hydrogens (tertiary/aromatic N) is 1. The number of rotatable bonds is 3. The van der Waals surface area contributed by atoms with Crippen LogP contribution in [0.3, 0.4) is 0 Å². The zero-order valence-electron chi connectivity index (χ0n) is 15.8. The van der Waals surface area contributed by atoms with E-state index >= 15 is 0 Å². The van der Waals surface area contributed by atoms with Crippen LogP contribution in [0.4, 0.5) is 4.39 Å². The van der Waals surface area contributed by atoms with E-state index in [-0.39, 0.29) is 25.1 Å². The third-order valence-corrected chi connectivity index (χ3v) is 5.13. The maximum atomic E-state index is 13.3. The SMILES string of the molecule is O=C1C(=Cc2ccc(F)cc2)c2ccccc2C(=O)N1Cc1ccc2c(c1)OCO2. The van der Waals surface area contributed by atoms with E-state index in [9.17, 15) is 14.0 Å². The molecule has 0 bridgehead atoms. The van der Waals surface area contributed by atoms with E-state index < -0.39 is 5.91 Å². The Kier molecular flexibility index (Phi) is 4.32. The first kappa shape index (κ1) is 18.1. The van der Waals surface area contributed by atoms with Crippen molar-refractivity contribution >= 4 is 23.5 Å². The van der Waals surface area contributed by atoms with Crippen LogP contribution in [0.25, 0.3) is 11.6 Å². The van der Waals surface area contributed by atoms with E-state index in [1.807, 2.05) is 0 Å². The highest BCUT2D eigenvalue weighted by Crippen LogP contribution is 2.35. The molecule has 148 valence electrons. The quantitative estimate of drug-likeness (QED) is 0.486. The number of benzene rings is 3. The Labute approximate surface area is 172 Å². The lowest BCUT2D eigenvalue weighted by Gasteiger charge is -2.28. The van der Waals surface area contributed by atoms with Crippen molar-refractivity contribution in [3.8, 4) is 11.5 Å². The van der Waals surface area contributed by atoms with Gasteiger partial charge in [0.05, 0.1) is 6.54 Å². The number of carbonyl (C=O) groups excluding carboxylic acids is 2. The van der Waals surface area contributed by atoms with Gasteiger partial charge in [-0.3, -0.25) is 14.5 Å². The predicted molar refractivity (Wildman–Crippen MR) is 108 cm³/mol. The fraction of sp³-hybridized carbons (Fsp3) is 0.0833. The van der Waals surface area contributed by atoms with Crippen LogP contribution < -0.4 is 9.47 Å². The Balaban J connectivity index is 1.55. The van der Waals surface area contributed by atoms with E-state index in [1.54, 1.807) is 60.7 Å². The number of fused-ring (bicyclic) bond motifs is 2. The largest absolute Gasteiger partial charge is 0.454 e. The molecular formula is C24H16FNO4. The number of imide groups is 1. The van der Waals surface area contributed by atoms with Gasteiger partial charge in [0.2, 0.25) is 6.79 Å². The molecule has 2 aliphatic heterocycles. The number of hydrogen-bond donors (Lipinski definition) is 0. The summed E-state index contributed by atoms with van der Waals surface area (Å²) in [6, 6.07) is 18.2. The van der Waals surface area contributed by atoms with Gasteiger partial charge >= 0.3 is 0 Å². The van der Waals surface area contributed by atoms with E-state index in [0.29, 0.717) is 33.8 Å². The van der Waals surface area contributed by atoms with Crippen LogP contribution in [0.15, 0.2) is 66.7 Å². The smallest absolute Gasteiger partial charge is 0.261 e. The monoisotopic (exact) mass is 401 g/mol. The predicted octanol–water partition coefficient (Wildman–Crippen LogP) is 4.28. The molecule has 0 unspecified atom stereocenters. The number of hydrogen-bond acceptors (Lipinski definition) is 4. The standard InChI is InChI=1S/C24H16FNO4/c25-17-8-5-15(6-9-17)11-20-18-3-1-2-4-19(18)23(27)26(24(20)28)13-16-7-10-21-22(12-16)30-14-29-21/h1-12H,13-14H2. The molecule has 30 heavy (non-hydrogen) atoms. The molecule has 2 aliphatic rings. The van der Waals surface area contributed by atoms with E-state index in [0.717, 1.165) is 5.56 Å². The molecule has 3 aromatic carbocycles. The van der Waals surface area contributed by atoms with Gasteiger partial charge in [0, 0.05) is 11.1 Å². The van der Waals surface area contributed by atoms with Crippen LogP contribution >= 0.6 is 0 Å². The molecule has 5 nitrogen and oxygen atoms in total. The summed E-state index contributed by atoms with van der Waals surface area (Å²) in [7, 11) is 0. The van der Waals surface area contributed by atoms with E-state index in [4.69, 9.17) is 9.47 Å². The van der Waals surface area contributed by atoms with Crippen molar-refractivity contribution in [3.05, 3.63) is 94.8 Å². The third kappa shape index (κ3) is 3.12. The van der Waals surface area contributed by atoms with Crippen molar-refractivity contribution in [1.29, 1.82) is 0 Å². The Morgan fingerprint density at radius 2 is 1.60 bits per heavy atom. The molecule has 0 radical (unpaired) electrons. The summed E-state index contributed by atoms with van der Waals surface area (Å²) in [5.74, 6) is 0.113. The number of ether oxygens (including phenoxy) is 2. The van der Waals surface area contributed by atoms with Crippen LogP contribution in [-0.2, 0) is 11.3 Å². The normalized spacial score (nSPS) is 16.2. The van der Waals surface area contributed by atoms with Gasteiger partial charge < -0.3 is 9.47 Å². The summed E-state index contributed by atoms with van der Waals surface area (Å²) in [6.45, 7) is 0.252. The fourth-order valence-electron chi connectivity index (χ4n) is 3.63. The lowest BCUT2D eigenvalue weighted by atomic mass is 9.91. The molecule has 0 saturated heterocycles. The molecule has 0 aromatic heterocycles. The summed E-state index contributed by atoms with van der Waals surface area (Å²) >= 11 is 0. The third-order valence-electron chi connectivity index (χ3n) is 5.13. The molecule has 2 amide bonds. The first-order chi connectivity index (χ1) is 14.6. The van der Waals surface area contributed by atoms with Crippen LogP contribution in [0.1, 0.15) is 27.0 Å². The van der Waals surface area contributed by atoms with Gasteiger partial charge in [-0.05, 0) is 53.1 Å². The highest BCUT2D eigenvalue weighted by atomic mass is 19.1. The van der Waals surface area contributed by atoms with Gasteiger partial charge in [-0.15, -0.1) is 0 Å². The van der Waals surface area contributed by atoms with E-state index in [2.05, 4.69) is 0 Å². The van der Waals surface area contributed by atoms with Crippen molar-refractivity contribution < 1.29 is 23.5 Å². The van der Waals surface area contributed by atoms with Crippen LogP contribution in [0, 0.1) is 5.82 Å². The summed E-state index contributed by atoms with van der Waals surface area (Å²) in [4.78, 5) is 27.6. The molecule has 0 N–H and O–H groups in total. The van der Waals surface area contributed by atoms with Crippen molar-refractivity contribution in [2.24, 2.45) is 0 Å². The Morgan fingerprint density at radius 3 is 2.40 bits per heavy atom. The molecule has 0 atom stereocenters. The highest BCUT2D eigenvalue weighted by Gasteiger charge is 2.34. The maximum Gasteiger partial charge on any atom is 0.261 e. The minimum atomic E-state index is -0.402. The summed E-state index contributed by atoms with van der Waals surface area (Å²) in [6.07, 6.45) is 1.68. The van der Waals surface area contributed by atoms with Gasteiger partial charge in [-0.1, -0.05) is 36.4 Å². The van der Waals surface area contributed by atoms with Gasteiger partial charge in [0.15, 0.2) is 11.5 Å². The highest BCUT2D eigenvalue weighted by molar-refractivity contribution is 6.33. The van der Waals surface area contributed by atoms with Gasteiger partial charge in [-0.25, -0.2) is 4.39 Å². The molecule has 0 spiro atoms. The van der Waals surface area contributed by atoms with Crippen LogP contribution in [-0.4, -0.2) is 23.5 Å². The molecule has 5 rings (SSSR count). The Hall–Kier alpha value is -3.93. The van der Waals surface area contributed by atoms with Gasteiger partial charge in [0.1, 0.15) is 5.82 Å². The average Bonchev–Trinajstić information content (AvgIpc) is 3.23. The summed E-state index contributed by atoms with van der Waals surface area (Å²) < 4.78 is 24.0. The summed E-state index contributed by atoms with van der Waals surface area (Å²) in [5.41, 5.74) is 2.83. The van der Waals surface area contributed by atoms with Crippen molar-refractivity contribution in [1.82, 2.24) is 4.90 Å². The molecular weight excluding hydrogens is 385 g/mol. The minimum absolute atomic E-state index is 0.101. The molecule has 0 saturated carbocycles.